The number of esters is 1. The molecule has 0 saturated heterocycles. The van der Waals surface area contributed by atoms with Gasteiger partial charge in [0, 0.05) is 12.3 Å². The minimum absolute atomic E-state index is 0.158. The number of nitrogens with zero attached hydrogens (tertiary/aromatic N) is 2. The van der Waals surface area contributed by atoms with Gasteiger partial charge in [-0.3, -0.25) is 19.7 Å². The molecule has 0 spiro atoms. The van der Waals surface area contributed by atoms with E-state index in [9.17, 15) is 19.7 Å². The summed E-state index contributed by atoms with van der Waals surface area (Å²) >= 11 is 0. The number of rotatable bonds is 4. The van der Waals surface area contributed by atoms with E-state index < -0.39 is 22.0 Å². The van der Waals surface area contributed by atoms with Crippen LogP contribution in [0, 0.1) is 10.1 Å². The van der Waals surface area contributed by atoms with Crippen LogP contribution < -0.4 is 5.43 Å². The molecule has 0 unspecified atom stereocenters. The molecule has 0 aliphatic heterocycles. The Morgan fingerprint density at radius 1 is 1.62 bits per heavy atom. The lowest BCUT2D eigenvalue weighted by Gasteiger charge is -2.04. The van der Waals surface area contributed by atoms with Gasteiger partial charge < -0.3 is 9.30 Å². The molecular formula is C9H10N2O5. The van der Waals surface area contributed by atoms with Crippen molar-refractivity contribution in [2.45, 2.75) is 13.5 Å². The van der Waals surface area contributed by atoms with Crippen LogP contribution >= 0.6 is 0 Å². The van der Waals surface area contributed by atoms with E-state index in [1.165, 1.54) is 10.8 Å². The van der Waals surface area contributed by atoms with Gasteiger partial charge in [0.1, 0.15) is 6.54 Å². The second-order valence-electron chi connectivity index (χ2n) is 2.93. The highest BCUT2D eigenvalue weighted by molar-refractivity contribution is 5.69. The second kappa shape index (κ2) is 5.06. The summed E-state index contributed by atoms with van der Waals surface area (Å²) in [7, 11) is 0. The molecule has 0 fully saturated rings. The molecule has 7 heteroatoms. The van der Waals surface area contributed by atoms with E-state index in [1.807, 2.05) is 0 Å². The summed E-state index contributed by atoms with van der Waals surface area (Å²) in [6.07, 6.45) is 2.31. The predicted molar refractivity (Wildman–Crippen MR) is 54.0 cm³/mol. The monoisotopic (exact) mass is 226 g/mol. The van der Waals surface area contributed by atoms with Crippen molar-refractivity contribution in [1.82, 2.24) is 4.57 Å². The van der Waals surface area contributed by atoms with Crippen molar-refractivity contribution in [2.75, 3.05) is 6.61 Å². The summed E-state index contributed by atoms with van der Waals surface area (Å²) < 4.78 is 5.90. The van der Waals surface area contributed by atoms with E-state index >= 15 is 0 Å². The quantitative estimate of drug-likeness (QED) is 0.419. The van der Waals surface area contributed by atoms with Crippen molar-refractivity contribution >= 4 is 11.7 Å². The summed E-state index contributed by atoms with van der Waals surface area (Å²) in [6.45, 7) is 1.74. The van der Waals surface area contributed by atoms with Gasteiger partial charge in [0.05, 0.1) is 17.7 Å². The van der Waals surface area contributed by atoms with Crippen LogP contribution in [0.15, 0.2) is 23.3 Å². The second-order valence-corrected chi connectivity index (χ2v) is 2.93. The maximum atomic E-state index is 11.1. The maximum Gasteiger partial charge on any atom is 0.332 e. The lowest BCUT2D eigenvalue weighted by Crippen LogP contribution is -2.16. The number of nitro groups is 1. The van der Waals surface area contributed by atoms with E-state index in [1.54, 1.807) is 6.92 Å². The fourth-order valence-electron chi connectivity index (χ4n) is 1.10. The molecular weight excluding hydrogens is 216 g/mol. The Morgan fingerprint density at radius 3 is 2.88 bits per heavy atom. The van der Waals surface area contributed by atoms with Gasteiger partial charge in [0.2, 0.25) is 0 Å². The molecule has 1 heterocycles. The average Bonchev–Trinajstić information content (AvgIpc) is 2.21. The zero-order valence-electron chi connectivity index (χ0n) is 8.58. The fraction of sp³-hybridized carbons (Fsp3) is 0.333. The van der Waals surface area contributed by atoms with Gasteiger partial charge in [0.25, 0.3) is 5.43 Å². The minimum Gasteiger partial charge on any atom is -0.465 e. The molecule has 1 rings (SSSR count). The number of ether oxygens (including phenoxy) is 1. The number of carbonyl (C=O) groups is 1. The van der Waals surface area contributed by atoms with E-state index in [2.05, 4.69) is 4.74 Å². The Hall–Kier alpha value is -2.18. The molecule has 0 saturated carbocycles. The number of hydrogen-bond acceptors (Lipinski definition) is 5. The summed E-state index contributed by atoms with van der Waals surface area (Å²) in [6, 6.07) is 1.04. The van der Waals surface area contributed by atoms with E-state index in [0.717, 1.165) is 12.3 Å². The smallest absolute Gasteiger partial charge is 0.332 e. The van der Waals surface area contributed by atoms with Gasteiger partial charge in [-0.1, -0.05) is 0 Å². The predicted octanol–water partition coefficient (Wildman–Crippen LogP) is 0.320. The molecule has 0 bridgehead atoms. The molecule has 0 aliphatic rings. The summed E-state index contributed by atoms with van der Waals surface area (Å²) in [4.78, 5) is 31.8. The molecule has 7 nitrogen and oxygen atoms in total. The number of hydrogen-bond donors (Lipinski definition) is 0. The Kier molecular flexibility index (Phi) is 3.76. The third-order valence-corrected chi connectivity index (χ3v) is 1.77. The van der Waals surface area contributed by atoms with Gasteiger partial charge in [0.15, 0.2) is 0 Å². The third-order valence-electron chi connectivity index (χ3n) is 1.77. The molecule has 0 radical (unpaired) electrons. The van der Waals surface area contributed by atoms with Crippen LogP contribution in [0.4, 0.5) is 5.69 Å². The van der Waals surface area contributed by atoms with Crippen LogP contribution in [0.3, 0.4) is 0 Å². The molecule has 16 heavy (non-hydrogen) atoms. The van der Waals surface area contributed by atoms with Crippen molar-refractivity contribution in [1.29, 1.82) is 0 Å². The van der Waals surface area contributed by atoms with Crippen molar-refractivity contribution in [3.8, 4) is 0 Å². The van der Waals surface area contributed by atoms with Crippen LogP contribution in [0.5, 0.6) is 0 Å². The molecule has 0 atom stereocenters. The summed E-state index contributed by atoms with van der Waals surface area (Å²) in [5.74, 6) is -0.513. The normalized spacial score (nSPS) is 9.81. The van der Waals surface area contributed by atoms with Crippen LogP contribution in [0.2, 0.25) is 0 Å². The Labute approximate surface area is 90.4 Å². The first kappa shape index (κ1) is 11.9. The first-order valence-electron chi connectivity index (χ1n) is 4.54. The maximum absolute atomic E-state index is 11.1. The van der Waals surface area contributed by atoms with Gasteiger partial charge in [-0.2, -0.15) is 0 Å². The van der Waals surface area contributed by atoms with E-state index in [4.69, 9.17) is 0 Å². The highest BCUT2D eigenvalue weighted by Crippen LogP contribution is 2.02. The molecule has 86 valence electrons. The van der Waals surface area contributed by atoms with Gasteiger partial charge in [-0.05, 0) is 6.92 Å². The highest BCUT2D eigenvalue weighted by atomic mass is 16.6. The van der Waals surface area contributed by atoms with Gasteiger partial charge in [-0.15, -0.1) is 0 Å². The van der Waals surface area contributed by atoms with Gasteiger partial charge in [-0.25, -0.2) is 0 Å². The van der Waals surface area contributed by atoms with Crippen molar-refractivity contribution < 1.29 is 14.5 Å². The zero-order chi connectivity index (χ0) is 12.1. The minimum atomic E-state index is -0.788. The Bertz CT molecular complexity index is 465. The first-order chi connectivity index (χ1) is 7.54. The lowest BCUT2D eigenvalue weighted by molar-refractivity contribution is -0.386. The number of carbonyl (C=O) groups excluding carboxylic acids is 1. The zero-order valence-corrected chi connectivity index (χ0v) is 8.58. The summed E-state index contributed by atoms with van der Waals surface area (Å²) in [5, 5.41) is 10.5. The van der Waals surface area contributed by atoms with Crippen LogP contribution in [-0.4, -0.2) is 22.1 Å². The lowest BCUT2D eigenvalue weighted by atomic mass is 10.4. The van der Waals surface area contributed by atoms with Crippen LogP contribution in [0.1, 0.15) is 6.92 Å². The van der Waals surface area contributed by atoms with Gasteiger partial charge >= 0.3 is 11.7 Å². The Balaban J connectivity index is 2.91. The fourth-order valence-corrected chi connectivity index (χ4v) is 1.10. The molecule has 0 aromatic carbocycles. The van der Waals surface area contributed by atoms with Crippen LogP contribution in [0.25, 0.3) is 0 Å². The summed E-state index contributed by atoms with van der Waals surface area (Å²) in [5.41, 5.74) is -1.25. The highest BCUT2D eigenvalue weighted by Gasteiger charge is 2.12. The third kappa shape index (κ3) is 2.91. The van der Waals surface area contributed by atoms with Crippen LogP contribution in [-0.2, 0) is 16.1 Å². The molecule has 1 aromatic rings. The van der Waals surface area contributed by atoms with E-state index in [-0.39, 0.29) is 13.2 Å². The molecule has 0 N–H and O–H groups in total. The average molecular weight is 226 g/mol. The van der Waals surface area contributed by atoms with Crippen molar-refractivity contribution in [2.24, 2.45) is 0 Å². The largest absolute Gasteiger partial charge is 0.465 e. The number of pyridine rings is 1. The molecule has 0 amide bonds. The molecule has 1 aromatic heterocycles. The van der Waals surface area contributed by atoms with Crippen molar-refractivity contribution in [3.63, 3.8) is 0 Å². The standard InChI is InChI=1S/C9H10N2O5/c1-2-16-9(13)6-10-4-3-8(12)7(5-10)11(14)15/h3-5H,2,6H2,1H3. The number of aromatic nitrogens is 1. The topological polar surface area (TPSA) is 91.4 Å². The first-order valence-corrected chi connectivity index (χ1v) is 4.54. The Morgan fingerprint density at radius 2 is 2.31 bits per heavy atom. The van der Waals surface area contributed by atoms with Crippen molar-refractivity contribution in [3.05, 3.63) is 38.8 Å². The van der Waals surface area contributed by atoms with E-state index in [0.29, 0.717) is 0 Å². The molecule has 0 aliphatic carbocycles. The SMILES string of the molecule is CCOC(=O)Cn1ccc(=O)c([N+](=O)[O-])c1.